The minimum Gasteiger partial charge on any atom is -0.484 e. The summed E-state index contributed by atoms with van der Waals surface area (Å²) in [4.78, 5) is 11.6. The Kier molecular flexibility index (Phi) is 5.41. The van der Waals surface area contributed by atoms with Crippen LogP contribution in [0.4, 0.5) is 8.78 Å². The van der Waals surface area contributed by atoms with Gasteiger partial charge in [0, 0.05) is 0 Å². The van der Waals surface area contributed by atoms with Gasteiger partial charge in [-0.1, -0.05) is 12.1 Å². The fraction of sp³-hybridized carbons (Fsp3) is 0.176. The van der Waals surface area contributed by atoms with Gasteiger partial charge in [-0.25, -0.2) is 14.2 Å². The van der Waals surface area contributed by atoms with Gasteiger partial charge >= 0.3 is 0 Å². The van der Waals surface area contributed by atoms with Crippen molar-refractivity contribution >= 4 is 12.1 Å². The standard InChI is InChI=1S/C17H16F2N2O2/c1-11-5-12(2)7-14(6-11)23-10-17(22)21-20-9-13-3-4-15(18)16(19)8-13/h3-9H,10H2,1-2H3,(H,21,22)/b20-9-. The summed E-state index contributed by atoms with van der Waals surface area (Å²) in [6.07, 6.45) is 1.22. The minimum absolute atomic E-state index is 0.196. The molecule has 1 amide bonds. The van der Waals surface area contributed by atoms with Crippen LogP contribution < -0.4 is 10.2 Å². The number of aryl methyl sites for hydroxylation is 2. The van der Waals surface area contributed by atoms with Crippen molar-refractivity contribution in [1.29, 1.82) is 0 Å². The van der Waals surface area contributed by atoms with Crippen LogP contribution in [0.25, 0.3) is 0 Å². The third-order valence-corrected chi connectivity index (χ3v) is 2.91. The fourth-order valence-corrected chi connectivity index (χ4v) is 1.97. The molecule has 2 aromatic carbocycles. The van der Waals surface area contributed by atoms with Gasteiger partial charge in [0.2, 0.25) is 0 Å². The molecule has 0 spiro atoms. The minimum atomic E-state index is -0.974. The van der Waals surface area contributed by atoms with Crippen molar-refractivity contribution in [3.8, 4) is 5.75 Å². The smallest absolute Gasteiger partial charge is 0.277 e. The largest absolute Gasteiger partial charge is 0.484 e. The van der Waals surface area contributed by atoms with Gasteiger partial charge in [0.15, 0.2) is 18.2 Å². The maximum Gasteiger partial charge on any atom is 0.277 e. The number of nitrogens with zero attached hydrogens (tertiary/aromatic N) is 1. The van der Waals surface area contributed by atoms with Crippen LogP contribution in [-0.2, 0) is 4.79 Å². The fourth-order valence-electron chi connectivity index (χ4n) is 1.97. The van der Waals surface area contributed by atoms with E-state index in [1.165, 1.54) is 12.3 Å². The van der Waals surface area contributed by atoms with E-state index in [0.717, 1.165) is 23.3 Å². The first kappa shape index (κ1) is 16.6. The molecule has 0 unspecified atom stereocenters. The zero-order chi connectivity index (χ0) is 16.8. The normalized spacial score (nSPS) is 10.8. The molecule has 0 radical (unpaired) electrons. The van der Waals surface area contributed by atoms with Crippen LogP contribution in [0.3, 0.4) is 0 Å². The van der Waals surface area contributed by atoms with E-state index in [1.807, 2.05) is 32.0 Å². The third kappa shape index (κ3) is 5.18. The molecule has 0 saturated heterocycles. The summed E-state index contributed by atoms with van der Waals surface area (Å²) in [7, 11) is 0. The second-order valence-corrected chi connectivity index (χ2v) is 5.08. The highest BCUT2D eigenvalue weighted by molar-refractivity contribution is 5.82. The Labute approximate surface area is 132 Å². The summed E-state index contributed by atoms with van der Waals surface area (Å²) in [5, 5.41) is 3.67. The van der Waals surface area contributed by atoms with Crippen LogP contribution in [0.5, 0.6) is 5.75 Å². The molecule has 0 aliphatic carbocycles. The number of hydrogen-bond acceptors (Lipinski definition) is 3. The molecule has 6 heteroatoms. The second-order valence-electron chi connectivity index (χ2n) is 5.08. The summed E-state index contributed by atoms with van der Waals surface area (Å²) in [5.74, 6) is -1.77. The molecule has 0 aromatic heterocycles. The number of carbonyl (C=O) groups excluding carboxylic acids is 1. The molecular weight excluding hydrogens is 302 g/mol. The molecule has 23 heavy (non-hydrogen) atoms. The Morgan fingerprint density at radius 1 is 1.13 bits per heavy atom. The van der Waals surface area contributed by atoms with Crippen LogP contribution in [0.1, 0.15) is 16.7 Å². The molecule has 2 rings (SSSR count). The van der Waals surface area contributed by atoms with E-state index in [4.69, 9.17) is 4.74 Å². The predicted molar refractivity (Wildman–Crippen MR) is 83.5 cm³/mol. The number of halogens is 2. The molecule has 0 aliphatic rings. The van der Waals surface area contributed by atoms with Gasteiger partial charge in [-0.2, -0.15) is 5.10 Å². The lowest BCUT2D eigenvalue weighted by molar-refractivity contribution is -0.123. The molecule has 0 heterocycles. The van der Waals surface area contributed by atoms with Crippen molar-refractivity contribution in [2.75, 3.05) is 6.61 Å². The lowest BCUT2D eigenvalue weighted by Gasteiger charge is -2.07. The molecule has 0 aliphatic heterocycles. The maximum atomic E-state index is 13.0. The van der Waals surface area contributed by atoms with E-state index >= 15 is 0 Å². The molecule has 1 N–H and O–H groups in total. The molecule has 0 fully saturated rings. The van der Waals surface area contributed by atoms with Crippen molar-refractivity contribution in [3.05, 3.63) is 64.7 Å². The van der Waals surface area contributed by atoms with Crippen LogP contribution in [0.15, 0.2) is 41.5 Å². The van der Waals surface area contributed by atoms with Gasteiger partial charge in [0.25, 0.3) is 5.91 Å². The second kappa shape index (κ2) is 7.49. The molecule has 0 bridgehead atoms. The van der Waals surface area contributed by atoms with Crippen molar-refractivity contribution < 1.29 is 18.3 Å². The SMILES string of the molecule is Cc1cc(C)cc(OCC(=O)N/N=C\c2ccc(F)c(F)c2)c1. The summed E-state index contributed by atoms with van der Waals surface area (Å²) >= 11 is 0. The van der Waals surface area contributed by atoms with E-state index in [9.17, 15) is 13.6 Å². The van der Waals surface area contributed by atoms with Crippen LogP contribution >= 0.6 is 0 Å². The molecule has 4 nitrogen and oxygen atoms in total. The number of benzene rings is 2. The molecular formula is C17H16F2N2O2. The van der Waals surface area contributed by atoms with Crippen molar-refractivity contribution in [1.82, 2.24) is 5.43 Å². The monoisotopic (exact) mass is 318 g/mol. The average Bonchev–Trinajstić information content (AvgIpc) is 2.48. The summed E-state index contributed by atoms with van der Waals surface area (Å²) in [6.45, 7) is 3.68. The van der Waals surface area contributed by atoms with Gasteiger partial charge < -0.3 is 4.74 Å². The Bertz CT molecular complexity index is 725. The number of nitrogens with one attached hydrogen (secondary N) is 1. The van der Waals surface area contributed by atoms with Gasteiger partial charge in [-0.15, -0.1) is 0 Å². The Morgan fingerprint density at radius 2 is 1.83 bits per heavy atom. The molecule has 0 atom stereocenters. The third-order valence-electron chi connectivity index (χ3n) is 2.91. The zero-order valence-electron chi connectivity index (χ0n) is 12.8. The zero-order valence-corrected chi connectivity index (χ0v) is 12.8. The van der Waals surface area contributed by atoms with Gasteiger partial charge in [0.1, 0.15) is 5.75 Å². The van der Waals surface area contributed by atoms with Gasteiger partial charge in [-0.05, 0) is 54.8 Å². The number of hydrogen-bond donors (Lipinski definition) is 1. The van der Waals surface area contributed by atoms with Crippen molar-refractivity contribution in [2.45, 2.75) is 13.8 Å². The highest BCUT2D eigenvalue weighted by Crippen LogP contribution is 2.15. The highest BCUT2D eigenvalue weighted by Gasteiger charge is 2.03. The Morgan fingerprint density at radius 3 is 2.48 bits per heavy atom. The Hall–Kier alpha value is -2.76. The van der Waals surface area contributed by atoms with E-state index in [0.29, 0.717) is 11.3 Å². The average molecular weight is 318 g/mol. The Balaban J connectivity index is 1.85. The first-order valence-electron chi connectivity index (χ1n) is 6.92. The summed E-state index contributed by atoms with van der Waals surface area (Å²) in [6, 6.07) is 8.97. The molecule has 120 valence electrons. The van der Waals surface area contributed by atoms with Crippen molar-refractivity contribution in [2.24, 2.45) is 5.10 Å². The van der Waals surface area contributed by atoms with Crippen LogP contribution in [0, 0.1) is 25.5 Å². The van der Waals surface area contributed by atoms with Gasteiger partial charge in [-0.3, -0.25) is 4.79 Å². The number of carbonyl (C=O) groups is 1. The maximum absolute atomic E-state index is 13.0. The van der Waals surface area contributed by atoms with Crippen LogP contribution in [0.2, 0.25) is 0 Å². The van der Waals surface area contributed by atoms with Gasteiger partial charge in [0.05, 0.1) is 6.21 Å². The first-order chi connectivity index (χ1) is 10.9. The first-order valence-corrected chi connectivity index (χ1v) is 6.92. The predicted octanol–water partition coefficient (Wildman–Crippen LogP) is 3.11. The van der Waals surface area contributed by atoms with E-state index in [1.54, 1.807) is 0 Å². The molecule has 0 saturated carbocycles. The van der Waals surface area contributed by atoms with Crippen molar-refractivity contribution in [3.63, 3.8) is 0 Å². The molecule has 2 aromatic rings. The highest BCUT2D eigenvalue weighted by atomic mass is 19.2. The van der Waals surface area contributed by atoms with E-state index < -0.39 is 17.5 Å². The topological polar surface area (TPSA) is 50.7 Å². The van der Waals surface area contributed by atoms with E-state index in [2.05, 4.69) is 10.5 Å². The summed E-state index contributed by atoms with van der Waals surface area (Å²) < 4.78 is 31.1. The van der Waals surface area contributed by atoms with E-state index in [-0.39, 0.29) is 6.61 Å². The number of amides is 1. The lowest BCUT2D eigenvalue weighted by Crippen LogP contribution is -2.24. The lowest BCUT2D eigenvalue weighted by atomic mass is 10.1. The van der Waals surface area contributed by atoms with Crippen LogP contribution in [-0.4, -0.2) is 18.7 Å². The number of ether oxygens (including phenoxy) is 1. The summed E-state index contributed by atoms with van der Waals surface area (Å²) in [5.41, 5.74) is 4.66. The quantitative estimate of drug-likeness (QED) is 0.680. The number of rotatable bonds is 5. The number of hydrazone groups is 1.